The number of hydrogen-bond acceptors (Lipinski definition) is 9. The van der Waals surface area contributed by atoms with E-state index in [1.807, 2.05) is 21.0 Å². The van der Waals surface area contributed by atoms with E-state index in [0.29, 0.717) is 24.4 Å². The minimum Gasteiger partial charge on any atom is -0.348 e. The summed E-state index contributed by atoms with van der Waals surface area (Å²) in [7, 11) is 3.68. The lowest BCUT2D eigenvalue weighted by molar-refractivity contribution is 0.921. The molecule has 0 aliphatic carbocycles. The number of hydrogen-bond donors (Lipinski definition) is 3. The quantitative estimate of drug-likeness (QED) is 0.509. The number of nitrogens with two attached hydrogens (primary N) is 1. The Hall–Kier alpha value is -2.55. The molecule has 9 heteroatoms. The van der Waals surface area contributed by atoms with Gasteiger partial charge in [-0.25, -0.2) is 5.84 Å². The normalized spacial score (nSPS) is 10.2. The summed E-state index contributed by atoms with van der Waals surface area (Å²) in [5.74, 6) is 6.55. The summed E-state index contributed by atoms with van der Waals surface area (Å²) in [6.45, 7) is 2.35. The molecule has 0 saturated carbocycles. The first kappa shape index (κ1) is 13.9. The Morgan fingerprint density at radius 3 is 2.45 bits per heavy atom. The molecule has 106 valence electrons. The van der Waals surface area contributed by atoms with E-state index < -0.39 is 0 Å². The molecule has 2 rings (SSSR count). The number of hydrazine groups is 1. The molecule has 0 bridgehead atoms. The summed E-state index contributed by atoms with van der Waals surface area (Å²) in [5.41, 5.74) is 4.08. The highest BCUT2D eigenvalue weighted by molar-refractivity contribution is 5.42. The minimum atomic E-state index is 0.293. The average Bonchev–Trinajstić information content (AvgIpc) is 2.46. The molecule has 2 heterocycles. The van der Waals surface area contributed by atoms with Crippen LogP contribution in [0, 0.1) is 6.92 Å². The number of aromatic nitrogens is 5. The first-order valence-corrected chi connectivity index (χ1v) is 6.00. The van der Waals surface area contributed by atoms with E-state index >= 15 is 0 Å². The van der Waals surface area contributed by atoms with Crippen LogP contribution >= 0.6 is 0 Å². The summed E-state index contributed by atoms with van der Waals surface area (Å²) in [5, 5.41) is 3.06. The topological polar surface area (TPSA) is 118 Å². The van der Waals surface area contributed by atoms with Gasteiger partial charge in [-0.15, -0.1) is 0 Å². The van der Waals surface area contributed by atoms with Crippen LogP contribution in [0.5, 0.6) is 0 Å². The second-order valence-corrected chi connectivity index (χ2v) is 4.32. The molecule has 0 unspecified atom stereocenters. The van der Waals surface area contributed by atoms with Crippen LogP contribution in [0.1, 0.15) is 11.4 Å². The fourth-order valence-corrected chi connectivity index (χ4v) is 1.39. The number of nitrogens with one attached hydrogen (secondary N) is 2. The predicted molar refractivity (Wildman–Crippen MR) is 76.1 cm³/mol. The average molecular weight is 275 g/mol. The molecule has 0 aromatic carbocycles. The van der Waals surface area contributed by atoms with Crippen LogP contribution in [-0.2, 0) is 6.54 Å². The maximum Gasteiger partial charge on any atom is 0.243 e. The fourth-order valence-electron chi connectivity index (χ4n) is 1.39. The molecule has 4 N–H and O–H groups in total. The lowest BCUT2D eigenvalue weighted by Crippen LogP contribution is -2.19. The lowest BCUT2D eigenvalue weighted by Gasteiger charge is -2.12. The van der Waals surface area contributed by atoms with Crippen LogP contribution in [0.25, 0.3) is 0 Å². The Labute approximate surface area is 116 Å². The van der Waals surface area contributed by atoms with E-state index in [0.717, 1.165) is 11.4 Å². The zero-order valence-electron chi connectivity index (χ0n) is 11.6. The van der Waals surface area contributed by atoms with E-state index in [4.69, 9.17) is 5.84 Å². The second-order valence-electron chi connectivity index (χ2n) is 4.32. The molecule has 0 fully saturated rings. The van der Waals surface area contributed by atoms with Crippen LogP contribution in [0.15, 0.2) is 12.4 Å². The predicted octanol–water partition coefficient (Wildman–Crippen LogP) is -0.0663. The summed E-state index contributed by atoms with van der Waals surface area (Å²) in [6, 6.07) is 0. The standard InChI is InChI=1S/C11H17N9/c1-7-4-14-8(5-13-7)6-15-9-16-10(19-12)18-11(17-9)20(2)3/h4-5H,6,12H2,1-3H3,(H2,15,16,17,18,19). The van der Waals surface area contributed by atoms with Gasteiger partial charge in [-0.1, -0.05) is 0 Å². The monoisotopic (exact) mass is 275 g/mol. The van der Waals surface area contributed by atoms with Gasteiger partial charge in [0.15, 0.2) is 0 Å². The second kappa shape index (κ2) is 6.06. The number of aryl methyl sites for hydroxylation is 1. The van der Waals surface area contributed by atoms with Crippen LogP contribution < -0.4 is 21.5 Å². The largest absolute Gasteiger partial charge is 0.348 e. The van der Waals surface area contributed by atoms with Crippen LogP contribution in [0.3, 0.4) is 0 Å². The maximum atomic E-state index is 5.34. The molecule has 0 radical (unpaired) electrons. The highest BCUT2D eigenvalue weighted by Gasteiger charge is 2.07. The molecule has 0 atom stereocenters. The van der Waals surface area contributed by atoms with Crippen LogP contribution in [0.2, 0.25) is 0 Å². The van der Waals surface area contributed by atoms with Gasteiger partial charge < -0.3 is 10.2 Å². The number of rotatable bonds is 5. The number of anilines is 3. The highest BCUT2D eigenvalue weighted by atomic mass is 15.4. The van der Waals surface area contributed by atoms with Crippen molar-refractivity contribution in [1.29, 1.82) is 0 Å². The van der Waals surface area contributed by atoms with Crippen molar-refractivity contribution in [2.45, 2.75) is 13.5 Å². The van der Waals surface area contributed by atoms with E-state index in [1.54, 1.807) is 17.3 Å². The van der Waals surface area contributed by atoms with E-state index in [1.165, 1.54) is 0 Å². The molecular weight excluding hydrogens is 258 g/mol. The van der Waals surface area contributed by atoms with Crippen molar-refractivity contribution in [2.24, 2.45) is 5.84 Å². The van der Waals surface area contributed by atoms with Gasteiger partial charge in [-0.3, -0.25) is 15.4 Å². The van der Waals surface area contributed by atoms with Crippen molar-refractivity contribution in [1.82, 2.24) is 24.9 Å². The SMILES string of the molecule is Cc1cnc(CNc2nc(NN)nc(N(C)C)n2)cn1. The van der Waals surface area contributed by atoms with Gasteiger partial charge in [0.1, 0.15) is 0 Å². The van der Waals surface area contributed by atoms with E-state index in [-0.39, 0.29) is 0 Å². The molecule has 2 aromatic rings. The molecule has 0 amide bonds. The maximum absolute atomic E-state index is 5.34. The van der Waals surface area contributed by atoms with Crippen LogP contribution in [0.4, 0.5) is 17.8 Å². The molecule has 20 heavy (non-hydrogen) atoms. The fraction of sp³-hybridized carbons (Fsp3) is 0.364. The first-order chi connectivity index (χ1) is 9.58. The van der Waals surface area contributed by atoms with Gasteiger partial charge in [-0.05, 0) is 6.92 Å². The van der Waals surface area contributed by atoms with Crippen molar-refractivity contribution >= 4 is 17.8 Å². The molecule has 0 saturated heterocycles. The summed E-state index contributed by atoms with van der Waals surface area (Å²) in [6.07, 6.45) is 3.42. The molecule has 2 aromatic heterocycles. The van der Waals surface area contributed by atoms with Gasteiger partial charge in [0, 0.05) is 20.3 Å². The smallest absolute Gasteiger partial charge is 0.243 e. The van der Waals surface area contributed by atoms with Gasteiger partial charge in [0.2, 0.25) is 17.8 Å². The lowest BCUT2D eigenvalue weighted by atomic mass is 10.4. The number of nitrogen functional groups attached to an aromatic ring is 1. The van der Waals surface area contributed by atoms with Crippen molar-refractivity contribution < 1.29 is 0 Å². The van der Waals surface area contributed by atoms with Gasteiger partial charge in [0.25, 0.3) is 0 Å². The molecule has 9 nitrogen and oxygen atoms in total. The summed E-state index contributed by atoms with van der Waals surface area (Å²) >= 11 is 0. The molecular formula is C11H17N9. The Bertz CT molecular complexity index is 567. The molecule has 0 spiro atoms. The van der Waals surface area contributed by atoms with Crippen molar-refractivity contribution in [2.75, 3.05) is 29.7 Å². The van der Waals surface area contributed by atoms with Crippen molar-refractivity contribution in [3.05, 3.63) is 23.8 Å². The highest BCUT2D eigenvalue weighted by Crippen LogP contribution is 2.11. The van der Waals surface area contributed by atoms with Gasteiger partial charge >= 0.3 is 0 Å². The van der Waals surface area contributed by atoms with Gasteiger partial charge in [0.05, 0.1) is 24.1 Å². The van der Waals surface area contributed by atoms with E-state index in [2.05, 4.69) is 35.7 Å². The van der Waals surface area contributed by atoms with Gasteiger partial charge in [-0.2, -0.15) is 15.0 Å². The summed E-state index contributed by atoms with van der Waals surface area (Å²) in [4.78, 5) is 22.7. The third kappa shape index (κ3) is 3.48. The Kier molecular flexibility index (Phi) is 4.20. The zero-order valence-corrected chi connectivity index (χ0v) is 11.6. The third-order valence-electron chi connectivity index (χ3n) is 2.41. The molecule has 0 aliphatic rings. The Balaban J connectivity index is 2.12. The minimum absolute atomic E-state index is 0.293. The number of nitrogens with zero attached hydrogens (tertiary/aromatic N) is 6. The van der Waals surface area contributed by atoms with E-state index in [9.17, 15) is 0 Å². The Morgan fingerprint density at radius 2 is 1.85 bits per heavy atom. The zero-order chi connectivity index (χ0) is 14.5. The van der Waals surface area contributed by atoms with Crippen molar-refractivity contribution in [3.8, 4) is 0 Å². The Morgan fingerprint density at radius 1 is 1.10 bits per heavy atom. The first-order valence-electron chi connectivity index (χ1n) is 6.00. The molecule has 0 aliphatic heterocycles. The van der Waals surface area contributed by atoms with Crippen LogP contribution in [-0.4, -0.2) is 39.0 Å². The third-order valence-corrected chi connectivity index (χ3v) is 2.41. The van der Waals surface area contributed by atoms with Crippen molar-refractivity contribution in [3.63, 3.8) is 0 Å². The summed E-state index contributed by atoms with van der Waals surface area (Å²) < 4.78 is 0.